The van der Waals surface area contributed by atoms with E-state index in [1.54, 1.807) is 43.8 Å². The van der Waals surface area contributed by atoms with E-state index in [2.05, 4.69) is 74.8 Å². The van der Waals surface area contributed by atoms with Crippen molar-refractivity contribution in [2.45, 2.75) is 6.42 Å². The molecular weight excluding hydrogens is 462 g/mol. The molecule has 1 aliphatic heterocycles. The van der Waals surface area contributed by atoms with Crippen LogP contribution in [0.3, 0.4) is 0 Å². The van der Waals surface area contributed by atoms with Crippen LogP contribution in [0.5, 0.6) is 0 Å². The van der Waals surface area contributed by atoms with Crippen LogP contribution in [0.25, 0.3) is 33.5 Å². The van der Waals surface area contributed by atoms with Gasteiger partial charge in [0.05, 0.1) is 37.6 Å². The van der Waals surface area contributed by atoms with Gasteiger partial charge in [-0.15, -0.1) is 0 Å². The van der Waals surface area contributed by atoms with E-state index in [0.717, 1.165) is 34.4 Å². The summed E-state index contributed by atoms with van der Waals surface area (Å²) in [6, 6.07) is 0. The van der Waals surface area contributed by atoms with Gasteiger partial charge in [0.15, 0.2) is 22.8 Å². The third-order valence-corrected chi connectivity index (χ3v) is 4.58. The van der Waals surface area contributed by atoms with Crippen LogP contribution in [0.2, 0.25) is 0 Å². The van der Waals surface area contributed by atoms with Gasteiger partial charge < -0.3 is 15.0 Å². The first-order valence-electron chi connectivity index (χ1n) is 10.5. The SMILES string of the molecule is C1=Nc2ncncc2C1.c1ncc2[nH]cnc2n1.c1ncc2[nH]cnc2n1.c1ncc2[nH]cnc2n1. The zero-order chi connectivity index (χ0) is 24.4. The predicted molar refractivity (Wildman–Crippen MR) is 129 cm³/mol. The first-order chi connectivity index (χ1) is 17.9. The van der Waals surface area contributed by atoms with Gasteiger partial charge in [0.1, 0.15) is 41.9 Å². The van der Waals surface area contributed by atoms with Gasteiger partial charge in [0, 0.05) is 24.4 Å². The van der Waals surface area contributed by atoms with E-state index in [1.165, 1.54) is 25.3 Å². The molecule has 0 fully saturated rings. The maximum absolute atomic E-state index is 4.02. The molecule has 176 valence electrons. The molecule has 8 heterocycles. The lowest BCUT2D eigenvalue weighted by Crippen LogP contribution is -1.82. The van der Waals surface area contributed by atoms with Crippen LogP contribution in [0.4, 0.5) is 5.82 Å². The number of rotatable bonds is 0. The number of imidazole rings is 3. The van der Waals surface area contributed by atoms with Crippen molar-refractivity contribution in [2.24, 2.45) is 4.99 Å². The second kappa shape index (κ2) is 11.0. The third-order valence-electron chi connectivity index (χ3n) is 4.58. The van der Waals surface area contributed by atoms with E-state index >= 15 is 0 Å². The van der Waals surface area contributed by atoms with Gasteiger partial charge in [-0.1, -0.05) is 0 Å². The first kappa shape index (κ1) is 22.2. The molecule has 15 nitrogen and oxygen atoms in total. The van der Waals surface area contributed by atoms with Crippen molar-refractivity contribution >= 4 is 45.5 Å². The van der Waals surface area contributed by atoms with Crippen LogP contribution in [-0.4, -0.2) is 76.0 Å². The Morgan fingerprint density at radius 3 is 1.39 bits per heavy atom. The smallest absolute Gasteiger partial charge is 0.180 e. The van der Waals surface area contributed by atoms with Gasteiger partial charge in [0.25, 0.3) is 0 Å². The maximum atomic E-state index is 4.02. The topological polar surface area (TPSA) is 202 Å². The van der Waals surface area contributed by atoms with E-state index in [9.17, 15) is 0 Å². The molecule has 3 N–H and O–H groups in total. The monoisotopic (exact) mass is 479 g/mol. The molecule has 0 amide bonds. The fraction of sp³-hybridized carbons (Fsp3) is 0.0476. The number of aromatic nitrogens is 14. The number of hydrogen-bond donors (Lipinski definition) is 3. The molecule has 1 aliphatic rings. The molecule has 7 aromatic heterocycles. The highest BCUT2D eigenvalue weighted by atomic mass is 15.0. The molecule has 0 unspecified atom stereocenters. The van der Waals surface area contributed by atoms with E-state index in [0.29, 0.717) is 16.9 Å². The lowest BCUT2D eigenvalue weighted by molar-refractivity contribution is 1.12. The molecular formula is C21H17N15. The lowest BCUT2D eigenvalue weighted by Gasteiger charge is -1.89. The standard InChI is InChI=1S/C6H5N3.3C5H4N4/c1-2-8-6-5(1)3-7-4-9-6;3*1-4-5(8-2-6-1)9-3-7-4/h2-4H,1H2;3*1-3H,(H,6,7,8,9). The molecule has 8 rings (SSSR count). The summed E-state index contributed by atoms with van der Waals surface area (Å²) < 4.78 is 0. The van der Waals surface area contributed by atoms with Crippen molar-refractivity contribution in [1.82, 2.24) is 69.8 Å². The second-order valence-electron chi connectivity index (χ2n) is 6.88. The largest absolute Gasteiger partial charge is 0.342 e. The molecule has 0 atom stereocenters. The summed E-state index contributed by atoms with van der Waals surface area (Å²) in [4.78, 5) is 55.3. The zero-order valence-corrected chi connectivity index (χ0v) is 18.5. The predicted octanol–water partition coefficient (Wildman–Crippen LogP) is 1.79. The Morgan fingerprint density at radius 2 is 0.944 bits per heavy atom. The highest BCUT2D eigenvalue weighted by Crippen LogP contribution is 2.17. The molecule has 0 aromatic carbocycles. The minimum absolute atomic E-state index is 0.713. The summed E-state index contributed by atoms with van der Waals surface area (Å²) in [5.41, 5.74) is 5.88. The van der Waals surface area contributed by atoms with Gasteiger partial charge in [-0.3, -0.25) is 0 Å². The summed E-state index contributed by atoms with van der Waals surface area (Å²) in [6.45, 7) is 0. The van der Waals surface area contributed by atoms with E-state index in [1.807, 2.05) is 6.21 Å². The average Bonchev–Trinajstić information content (AvgIpc) is 3.76. The Bertz CT molecular complexity index is 1450. The Hall–Kier alpha value is -5.60. The summed E-state index contributed by atoms with van der Waals surface area (Å²) in [6.07, 6.45) is 20.3. The highest BCUT2D eigenvalue weighted by molar-refractivity contribution is 5.73. The number of nitrogens with zero attached hydrogens (tertiary/aromatic N) is 12. The molecule has 0 saturated carbocycles. The second-order valence-corrected chi connectivity index (χ2v) is 6.88. The Morgan fingerprint density at radius 1 is 0.500 bits per heavy atom. The number of aromatic amines is 3. The minimum atomic E-state index is 0.713. The molecule has 0 aliphatic carbocycles. The molecule has 0 spiro atoms. The zero-order valence-electron chi connectivity index (χ0n) is 18.5. The third kappa shape index (κ3) is 5.48. The highest BCUT2D eigenvalue weighted by Gasteiger charge is 2.04. The Kier molecular flexibility index (Phi) is 6.79. The molecule has 36 heavy (non-hydrogen) atoms. The normalized spacial score (nSPS) is 11.1. The van der Waals surface area contributed by atoms with Crippen LogP contribution in [0.15, 0.2) is 74.1 Å². The van der Waals surface area contributed by atoms with Crippen molar-refractivity contribution in [3.8, 4) is 0 Å². The Labute approximate surface area is 201 Å². The fourth-order valence-corrected chi connectivity index (χ4v) is 2.92. The summed E-state index contributed by atoms with van der Waals surface area (Å²) >= 11 is 0. The van der Waals surface area contributed by atoms with E-state index < -0.39 is 0 Å². The first-order valence-corrected chi connectivity index (χ1v) is 10.5. The van der Waals surface area contributed by atoms with Gasteiger partial charge in [-0.05, 0) is 0 Å². The number of nitrogens with one attached hydrogen (secondary N) is 3. The number of fused-ring (bicyclic) bond motifs is 4. The number of hydrogen-bond acceptors (Lipinski definition) is 12. The van der Waals surface area contributed by atoms with Crippen molar-refractivity contribution in [2.75, 3.05) is 0 Å². The molecule has 15 heteroatoms. The van der Waals surface area contributed by atoms with E-state index in [4.69, 9.17) is 0 Å². The quantitative estimate of drug-likeness (QED) is 0.286. The van der Waals surface area contributed by atoms with Crippen molar-refractivity contribution < 1.29 is 0 Å². The molecule has 0 bridgehead atoms. The van der Waals surface area contributed by atoms with Crippen molar-refractivity contribution in [3.63, 3.8) is 0 Å². The van der Waals surface area contributed by atoms with Crippen LogP contribution in [-0.2, 0) is 6.42 Å². The van der Waals surface area contributed by atoms with Crippen molar-refractivity contribution in [1.29, 1.82) is 0 Å². The van der Waals surface area contributed by atoms with Crippen LogP contribution in [0, 0.1) is 0 Å². The van der Waals surface area contributed by atoms with Gasteiger partial charge in [-0.25, -0.2) is 59.8 Å². The van der Waals surface area contributed by atoms with Gasteiger partial charge >= 0.3 is 0 Å². The molecule has 0 radical (unpaired) electrons. The van der Waals surface area contributed by atoms with Crippen LogP contribution in [0.1, 0.15) is 5.56 Å². The van der Waals surface area contributed by atoms with Crippen LogP contribution < -0.4 is 0 Å². The molecule has 7 aromatic rings. The molecule has 0 saturated heterocycles. The lowest BCUT2D eigenvalue weighted by atomic mass is 10.3. The van der Waals surface area contributed by atoms with Gasteiger partial charge in [-0.2, -0.15) is 0 Å². The summed E-state index contributed by atoms with van der Waals surface area (Å²) in [7, 11) is 0. The average molecular weight is 479 g/mol. The number of H-pyrrole nitrogens is 3. The fourth-order valence-electron chi connectivity index (χ4n) is 2.92. The van der Waals surface area contributed by atoms with Crippen molar-refractivity contribution in [3.05, 3.63) is 74.6 Å². The maximum Gasteiger partial charge on any atom is 0.180 e. The summed E-state index contributed by atoms with van der Waals surface area (Å²) in [5.74, 6) is 0.824. The van der Waals surface area contributed by atoms with E-state index in [-0.39, 0.29) is 0 Å². The minimum Gasteiger partial charge on any atom is -0.342 e. The number of aliphatic imine (C=N–C) groups is 1. The summed E-state index contributed by atoms with van der Waals surface area (Å²) in [5, 5.41) is 0. The van der Waals surface area contributed by atoms with Gasteiger partial charge in [0.2, 0.25) is 0 Å². The van der Waals surface area contributed by atoms with Crippen LogP contribution >= 0.6 is 0 Å². The Balaban J connectivity index is 0.0000000988.